The van der Waals surface area contributed by atoms with E-state index in [0.29, 0.717) is 11.1 Å². The average molecular weight is 552 g/mol. The van der Waals surface area contributed by atoms with Gasteiger partial charge in [0.15, 0.2) is 5.78 Å². The van der Waals surface area contributed by atoms with Crippen LogP contribution in [-0.2, 0) is 24.0 Å². The number of amides is 3. The van der Waals surface area contributed by atoms with Crippen LogP contribution in [0.4, 0.5) is 5.69 Å². The van der Waals surface area contributed by atoms with Gasteiger partial charge < -0.3 is 30.2 Å². The zero-order chi connectivity index (χ0) is 29.4. The molecule has 12 heteroatoms. The predicted octanol–water partition coefficient (Wildman–Crippen LogP) is 1.79. The third kappa shape index (κ3) is 8.00. The number of carboxylic acid groups (broad SMARTS) is 1. The number of carbonyl (C=O) groups is 5. The fourth-order valence-corrected chi connectivity index (χ4v) is 3.85. The molecule has 3 amide bonds. The highest BCUT2D eigenvalue weighted by Crippen LogP contribution is 2.22. The van der Waals surface area contributed by atoms with Crippen molar-refractivity contribution < 1.29 is 38.2 Å². The maximum absolute atomic E-state index is 13.0. The summed E-state index contributed by atoms with van der Waals surface area (Å²) < 4.78 is 10.1. The van der Waals surface area contributed by atoms with E-state index in [1.165, 1.54) is 13.0 Å². The molecule has 0 bridgehead atoms. The average Bonchev–Trinajstić information content (AvgIpc) is 2.89. The highest BCUT2D eigenvalue weighted by atomic mass is 16.5. The van der Waals surface area contributed by atoms with Gasteiger partial charge in [0.05, 0.1) is 12.5 Å². The monoisotopic (exact) mass is 551 g/mol. The minimum absolute atomic E-state index is 0.0343. The van der Waals surface area contributed by atoms with Crippen molar-refractivity contribution in [2.75, 3.05) is 11.9 Å². The Morgan fingerprint density at radius 1 is 0.950 bits per heavy atom. The molecule has 2 atom stereocenters. The molecule has 0 radical (unpaired) electrons. The molecule has 1 aromatic heterocycles. The number of Topliss-reactive ketones (excluding diaryl/α,β-unsaturated/α-hetero) is 1. The number of aryl methyl sites for hydroxylation is 1. The number of ether oxygens (including phenoxy) is 1. The number of carboxylic acids is 1. The van der Waals surface area contributed by atoms with Gasteiger partial charge in [-0.25, -0.2) is 4.79 Å². The molecule has 3 rings (SSSR count). The standard InChI is InChI=1S/C28H29N3O9/c1-15(2)25(31-28(38)27(37)29-20-10-6-8-17-7-4-5-9-19(17)20)26(36)30-21(13-23(33)34)22(32)14-39-18-11-16(3)40-24(35)12-18/h4-12,15,21,25H,13-14H2,1-3H3,(H,29,37)(H,30,36)(H,31,38)(H,33,34)/t21-,25-/m0/s1. The Bertz CT molecular complexity index is 1490. The molecule has 40 heavy (non-hydrogen) atoms. The largest absolute Gasteiger partial charge is 0.485 e. The Kier molecular flexibility index (Phi) is 9.74. The van der Waals surface area contributed by atoms with E-state index in [1.807, 2.05) is 18.2 Å². The van der Waals surface area contributed by atoms with Crippen LogP contribution in [-0.4, -0.2) is 53.3 Å². The molecule has 3 aromatic rings. The molecule has 0 unspecified atom stereocenters. The van der Waals surface area contributed by atoms with Crippen LogP contribution in [0.1, 0.15) is 26.0 Å². The highest BCUT2D eigenvalue weighted by Gasteiger charge is 2.31. The first kappa shape index (κ1) is 29.6. The van der Waals surface area contributed by atoms with Crippen molar-refractivity contribution in [3.8, 4) is 5.75 Å². The van der Waals surface area contributed by atoms with Crippen LogP contribution >= 0.6 is 0 Å². The minimum atomic E-state index is -1.51. The van der Waals surface area contributed by atoms with E-state index in [-0.39, 0.29) is 11.5 Å². The Morgan fingerprint density at radius 3 is 2.33 bits per heavy atom. The maximum atomic E-state index is 13.0. The van der Waals surface area contributed by atoms with E-state index in [0.717, 1.165) is 11.5 Å². The number of nitrogens with one attached hydrogen (secondary N) is 3. The first-order valence-corrected chi connectivity index (χ1v) is 12.3. The van der Waals surface area contributed by atoms with Gasteiger partial charge in [0.1, 0.15) is 30.2 Å². The third-order valence-corrected chi connectivity index (χ3v) is 5.81. The smallest absolute Gasteiger partial charge is 0.339 e. The van der Waals surface area contributed by atoms with Crippen LogP contribution in [0.2, 0.25) is 0 Å². The summed E-state index contributed by atoms with van der Waals surface area (Å²) in [5.41, 5.74) is -0.292. The lowest BCUT2D eigenvalue weighted by molar-refractivity contribution is -0.141. The van der Waals surface area contributed by atoms with Crippen LogP contribution in [0, 0.1) is 12.8 Å². The summed E-state index contributed by atoms with van der Waals surface area (Å²) in [5.74, 6) is -5.38. The summed E-state index contributed by atoms with van der Waals surface area (Å²) in [6.07, 6.45) is -0.760. The Labute approximate surface area is 228 Å². The van der Waals surface area contributed by atoms with Gasteiger partial charge in [-0.05, 0) is 24.3 Å². The van der Waals surface area contributed by atoms with E-state index in [2.05, 4.69) is 16.0 Å². The number of hydrogen-bond donors (Lipinski definition) is 4. The van der Waals surface area contributed by atoms with E-state index in [1.54, 1.807) is 38.1 Å². The Balaban J connectivity index is 1.67. The fourth-order valence-electron chi connectivity index (χ4n) is 3.85. The number of anilines is 1. The van der Waals surface area contributed by atoms with Gasteiger partial charge in [0, 0.05) is 17.1 Å². The molecule has 12 nitrogen and oxygen atoms in total. The number of fused-ring (bicyclic) bond motifs is 1. The SMILES string of the molecule is Cc1cc(OCC(=O)[C@H](CC(=O)O)NC(=O)[C@@H](NC(=O)C(=O)Nc2cccc3ccccc23)C(C)C)cc(=O)o1. The van der Waals surface area contributed by atoms with E-state index < -0.39 is 66.1 Å². The number of aliphatic carboxylic acids is 1. The summed E-state index contributed by atoms with van der Waals surface area (Å²) in [7, 11) is 0. The van der Waals surface area contributed by atoms with Crippen molar-refractivity contribution in [3.05, 3.63) is 70.8 Å². The van der Waals surface area contributed by atoms with Gasteiger partial charge in [-0.15, -0.1) is 0 Å². The van der Waals surface area contributed by atoms with Crippen molar-refractivity contribution in [1.29, 1.82) is 0 Å². The lowest BCUT2D eigenvalue weighted by Crippen LogP contribution is -2.56. The second kappa shape index (κ2) is 13.2. The molecule has 210 valence electrons. The summed E-state index contributed by atoms with van der Waals surface area (Å²) in [4.78, 5) is 74.0. The van der Waals surface area contributed by atoms with Crippen LogP contribution in [0.15, 0.2) is 63.8 Å². The number of ketones is 1. The van der Waals surface area contributed by atoms with Crippen molar-refractivity contribution >= 4 is 45.9 Å². The van der Waals surface area contributed by atoms with Gasteiger partial charge in [0.25, 0.3) is 0 Å². The topological polar surface area (TPSA) is 181 Å². The second-order valence-corrected chi connectivity index (χ2v) is 9.31. The molecule has 0 aliphatic carbocycles. The van der Waals surface area contributed by atoms with Crippen molar-refractivity contribution in [1.82, 2.24) is 10.6 Å². The van der Waals surface area contributed by atoms with Crippen LogP contribution in [0.25, 0.3) is 10.8 Å². The van der Waals surface area contributed by atoms with E-state index in [9.17, 15) is 33.9 Å². The van der Waals surface area contributed by atoms with Crippen molar-refractivity contribution in [3.63, 3.8) is 0 Å². The first-order chi connectivity index (χ1) is 18.9. The van der Waals surface area contributed by atoms with E-state index >= 15 is 0 Å². The zero-order valence-corrected chi connectivity index (χ0v) is 22.1. The molecule has 4 N–H and O–H groups in total. The molecule has 0 fully saturated rings. The molecule has 0 spiro atoms. The maximum Gasteiger partial charge on any atom is 0.339 e. The second-order valence-electron chi connectivity index (χ2n) is 9.31. The zero-order valence-electron chi connectivity index (χ0n) is 22.1. The Morgan fingerprint density at radius 2 is 1.65 bits per heavy atom. The van der Waals surface area contributed by atoms with Crippen LogP contribution < -0.4 is 26.3 Å². The molecule has 0 aliphatic rings. The third-order valence-electron chi connectivity index (χ3n) is 5.81. The number of benzene rings is 2. The van der Waals surface area contributed by atoms with Crippen molar-refractivity contribution in [2.24, 2.45) is 5.92 Å². The fraction of sp³-hybridized carbons (Fsp3) is 0.286. The lowest BCUT2D eigenvalue weighted by Gasteiger charge is -2.24. The van der Waals surface area contributed by atoms with Gasteiger partial charge >= 0.3 is 23.4 Å². The summed E-state index contributed by atoms with van der Waals surface area (Å²) in [6, 6.07) is 12.1. The minimum Gasteiger partial charge on any atom is -0.485 e. The van der Waals surface area contributed by atoms with E-state index in [4.69, 9.17) is 9.15 Å². The normalized spacial score (nSPS) is 12.3. The molecule has 0 saturated heterocycles. The van der Waals surface area contributed by atoms with Gasteiger partial charge in [0.2, 0.25) is 5.91 Å². The Hall–Kier alpha value is -5.00. The highest BCUT2D eigenvalue weighted by molar-refractivity contribution is 6.40. The summed E-state index contributed by atoms with van der Waals surface area (Å²) in [5, 5.41) is 18.0. The molecule has 1 heterocycles. The molecule has 0 aliphatic heterocycles. The van der Waals surface area contributed by atoms with Gasteiger partial charge in [-0.1, -0.05) is 50.2 Å². The number of carbonyl (C=O) groups excluding carboxylic acids is 4. The number of rotatable bonds is 11. The van der Waals surface area contributed by atoms with Gasteiger partial charge in [-0.2, -0.15) is 0 Å². The van der Waals surface area contributed by atoms with Crippen LogP contribution in [0.3, 0.4) is 0 Å². The quantitative estimate of drug-likeness (QED) is 0.258. The predicted molar refractivity (Wildman–Crippen MR) is 144 cm³/mol. The molecular weight excluding hydrogens is 522 g/mol. The van der Waals surface area contributed by atoms with Crippen LogP contribution in [0.5, 0.6) is 5.75 Å². The molecular formula is C28H29N3O9. The molecule has 2 aromatic carbocycles. The molecule has 0 saturated carbocycles. The summed E-state index contributed by atoms with van der Waals surface area (Å²) >= 11 is 0. The number of hydrogen-bond acceptors (Lipinski definition) is 8. The van der Waals surface area contributed by atoms with Gasteiger partial charge in [-0.3, -0.25) is 24.0 Å². The summed E-state index contributed by atoms with van der Waals surface area (Å²) in [6.45, 7) is 4.07. The van der Waals surface area contributed by atoms with Crippen molar-refractivity contribution in [2.45, 2.75) is 39.3 Å². The lowest BCUT2D eigenvalue weighted by atomic mass is 10.0. The first-order valence-electron chi connectivity index (χ1n) is 12.3.